The van der Waals surface area contributed by atoms with Crippen molar-refractivity contribution in [3.63, 3.8) is 0 Å². The summed E-state index contributed by atoms with van der Waals surface area (Å²) in [7, 11) is 3.67. The number of methoxy groups -OCH3 is 1. The van der Waals surface area contributed by atoms with Crippen molar-refractivity contribution in [1.29, 1.82) is 0 Å². The van der Waals surface area contributed by atoms with E-state index in [1.165, 1.54) is 0 Å². The molecular weight excluding hydrogens is 390 g/mol. The summed E-state index contributed by atoms with van der Waals surface area (Å²) in [6.45, 7) is 6.67. The Bertz CT molecular complexity index is 909. The van der Waals surface area contributed by atoms with Crippen LogP contribution < -0.4 is 19.7 Å². The molecule has 6 heteroatoms. The summed E-state index contributed by atoms with van der Waals surface area (Å²) in [5, 5.41) is 2.97. The standard InChI is InChI=1S/C25H31N3O3/c1-4-15-27(2)16-5-6-18-31-23-13-14-24-20(19-23)8-7-17-28(24)25(29)26-21-9-11-22(30-3)12-10-21/h4-6,9-14,19H,1,7-8,15-18H2,2-3H3,(H,26,29). The average molecular weight is 422 g/mol. The maximum absolute atomic E-state index is 12.8. The third kappa shape index (κ3) is 6.36. The van der Waals surface area contributed by atoms with Gasteiger partial charge in [0.05, 0.1) is 7.11 Å². The van der Waals surface area contributed by atoms with E-state index in [0.29, 0.717) is 13.2 Å². The van der Waals surface area contributed by atoms with E-state index in [2.05, 4.69) is 22.9 Å². The molecule has 0 fully saturated rings. The molecule has 164 valence electrons. The van der Waals surface area contributed by atoms with Gasteiger partial charge < -0.3 is 14.8 Å². The lowest BCUT2D eigenvalue weighted by Gasteiger charge is -2.30. The van der Waals surface area contributed by atoms with Crippen LogP contribution in [0.2, 0.25) is 0 Å². The highest BCUT2D eigenvalue weighted by Gasteiger charge is 2.23. The minimum Gasteiger partial charge on any atom is -0.497 e. The van der Waals surface area contributed by atoms with Crippen LogP contribution in [0.3, 0.4) is 0 Å². The van der Waals surface area contributed by atoms with Crippen LogP contribution in [0.1, 0.15) is 12.0 Å². The Morgan fingerprint density at radius 2 is 1.94 bits per heavy atom. The number of fused-ring (bicyclic) bond motifs is 1. The maximum atomic E-state index is 12.8. The first-order chi connectivity index (χ1) is 15.1. The van der Waals surface area contributed by atoms with Crippen molar-refractivity contribution in [3.8, 4) is 11.5 Å². The predicted octanol–water partition coefficient (Wildman–Crippen LogP) is 4.73. The number of rotatable bonds is 9. The fourth-order valence-corrected chi connectivity index (χ4v) is 3.50. The lowest BCUT2D eigenvalue weighted by Crippen LogP contribution is -2.38. The third-order valence-electron chi connectivity index (χ3n) is 5.13. The summed E-state index contributed by atoms with van der Waals surface area (Å²) >= 11 is 0. The van der Waals surface area contributed by atoms with Crippen molar-refractivity contribution in [3.05, 3.63) is 72.8 Å². The highest BCUT2D eigenvalue weighted by Crippen LogP contribution is 2.31. The van der Waals surface area contributed by atoms with Crippen LogP contribution in [0, 0.1) is 0 Å². The van der Waals surface area contributed by atoms with Crippen molar-refractivity contribution < 1.29 is 14.3 Å². The van der Waals surface area contributed by atoms with E-state index >= 15 is 0 Å². The van der Waals surface area contributed by atoms with Crippen molar-refractivity contribution in [2.24, 2.45) is 0 Å². The number of hydrogen-bond donors (Lipinski definition) is 1. The van der Waals surface area contributed by atoms with Crippen molar-refractivity contribution in [1.82, 2.24) is 4.90 Å². The molecule has 31 heavy (non-hydrogen) atoms. The van der Waals surface area contributed by atoms with E-state index in [0.717, 1.165) is 54.4 Å². The molecule has 0 radical (unpaired) electrons. The Kier molecular flexibility index (Phi) is 8.12. The summed E-state index contributed by atoms with van der Waals surface area (Å²) in [5.74, 6) is 1.58. The molecule has 0 spiro atoms. The van der Waals surface area contributed by atoms with E-state index in [4.69, 9.17) is 9.47 Å². The monoisotopic (exact) mass is 421 g/mol. The van der Waals surface area contributed by atoms with Gasteiger partial charge in [0.1, 0.15) is 18.1 Å². The normalized spacial score (nSPS) is 13.2. The first-order valence-corrected chi connectivity index (χ1v) is 10.5. The zero-order valence-corrected chi connectivity index (χ0v) is 18.3. The van der Waals surface area contributed by atoms with Gasteiger partial charge >= 0.3 is 6.03 Å². The first kappa shape index (κ1) is 22.4. The minimum atomic E-state index is -0.133. The van der Waals surface area contributed by atoms with Gasteiger partial charge in [-0.1, -0.05) is 18.2 Å². The maximum Gasteiger partial charge on any atom is 0.326 e. The van der Waals surface area contributed by atoms with Gasteiger partial charge in [-0.15, -0.1) is 6.58 Å². The highest BCUT2D eigenvalue weighted by atomic mass is 16.5. The van der Waals surface area contributed by atoms with E-state index in [1.807, 2.05) is 61.7 Å². The van der Waals surface area contributed by atoms with Gasteiger partial charge in [-0.2, -0.15) is 0 Å². The Labute approximate surface area is 184 Å². The van der Waals surface area contributed by atoms with E-state index in [9.17, 15) is 4.79 Å². The van der Waals surface area contributed by atoms with Crippen LogP contribution in [-0.4, -0.2) is 51.3 Å². The van der Waals surface area contributed by atoms with Gasteiger partial charge in [-0.25, -0.2) is 4.79 Å². The molecule has 2 aromatic carbocycles. The lowest BCUT2D eigenvalue weighted by atomic mass is 10.0. The van der Waals surface area contributed by atoms with Gasteiger partial charge in [-0.3, -0.25) is 9.80 Å². The fourth-order valence-electron chi connectivity index (χ4n) is 3.50. The van der Waals surface area contributed by atoms with Crippen molar-refractivity contribution >= 4 is 17.4 Å². The van der Waals surface area contributed by atoms with Gasteiger partial charge in [-0.05, 0) is 67.9 Å². The second kappa shape index (κ2) is 11.2. The van der Waals surface area contributed by atoms with E-state index in [-0.39, 0.29) is 6.03 Å². The summed E-state index contributed by atoms with van der Waals surface area (Å²) in [5.41, 5.74) is 2.80. The van der Waals surface area contributed by atoms with E-state index in [1.54, 1.807) is 12.0 Å². The molecule has 0 bridgehead atoms. The van der Waals surface area contributed by atoms with Crippen LogP contribution >= 0.6 is 0 Å². The van der Waals surface area contributed by atoms with Crippen molar-refractivity contribution in [2.45, 2.75) is 12.8 Å². The number of aryl methyl sites for hydroxylation is 1. The van der Waals surface area contributed by atoms with Gasteiger partial charge in [0.15, 0.2) is 0 Å². The number of likely N-dealkylation sites (N-methyl/N-ethyl adjacent to an activating group) is 1. The molecule has 1 heterocycles. The van der Waals surface area contributed by atoms with Crippen LogP contribution in [0.5, 0.6) is 11.5 Å². The minimum absolute atomic E-state index is 0.133. The number of urea groups is 1. The molecule has 6 nitrogen and oxygen atoms in total. The SMILES string of the molecule is C=CCN(C)CC=CCOc1ccc2c(c1)CCCN2C(=O)Nc1ccc(OC)cc1. The molecule has 0 unspecified atom stereocenters. The number of ether oxygens (including phenoxy) is 2. The molecule has 0 aromatic heterocycles. The zero-order chi connectivity index (χ0) is 22.1. The molecule has 1 aliphatic heterocycles. The topological polar surface area (TPSA) is 54.0 Å². The number of nitrogens with one attached hydrogen (secondary N) is 1. The molecule has 2 aromatic rings. The zero-order valence-electron chi connectivity index (χ0n) is 18.3. The molecule has 2 amide bonds. The van der Waals surface area contributed by atoms with Crippen LogP contribution in [0.25, 0.3) is 0 Å². The summed E-state index contributed by atoms with van der Waals surface area (Å²) in [4.78, 5) is 16.8. The number of amides is 2. The number of hydrogen-bond acceptors (Lipinski definition) is 4. The second-order valence-corrected chi connectivity index (χ2v) is 7.50. The molecule has 0 atom stereocenters. The van der Waals surface area contributed by atoms with Gasteiger partial charge in [0.25, 0.3) is 0 Å². The second-order valence-electron chi connectivity index (χ2n) is 7.50. The quantitative estimate of drug-likeness (QED) is 0.595. The Hall–Kier alpha value is -3.25. The Morgan fingerprint density at radius 3 is 2.68 bits per heavy atom. The smallest absolute Gasteiger partial charge is 0.326 e. The molecule has 0 saturated carbocycles. The number of benzene rings is 2. The van der Waals surface area contributed by atoms with Gasteiger partial charge in [0.2, 0.25) is 0 Å². The number of nitrogens with zero attached hydrogens (tertiary/aromatic N) is 2. The number of anilines is 2. The molecule has 0 aliphatic carbocycles. The van der Waals surface area contributed by atoms with Crippen molar-refractivity contribution in [2.75, 3.05) is 50.6 Å². The Morgan fingerprint density at radius 1 is 1.16 bits per heavy atom. The number of carbonyl (C=O) groups excluding carboxylic acids is 1. The molecule has 1 N–H and O–H groups in total. The fraction of sp³-hybridized carbons (Fsp3) is 0.320. The molecule has 0 saturated heterocycles. The Balaban J connectivity index is 1.58. The van der Waals surface area contributed by atoms with Crippen LogP contribution in [-0.2, 0) is 6.42 Å². The third-order valence-corrected chi connectivity index (χ3v) is 5.13. The summed E-state index contributed by atoms with van der Waals surface area (Å²) in [6, 6.07) is 13.1. The van der Waals surface area contributed by atoms with Gasteiger partial charge in [0, 0.05) is 31.0 Å². The predicted molar refractivity (Wildman–Crippen MR) is 126 cm³/mol. The van der Waals surface area contributed by atoms with E-state index < -0.39 is 0 Å². The highest BCUT2D eigenvalue weighted by molar-refractivity contribution is 6.02. The summed E-state index contributed by atoms with van der Waals surface area (Å²) < 4.78 is 11.0. The molecule has 3 rings (SSSR count). The van der Waals surface area contributed by atoms with Crippen LogP contribution in [0.15, 0.2) is 67.3 Å². The van der Waals surface area contributed by atoms with Crippen LogP contribution in [0.4, 0.5) is 16.2 Å². The lowest BCUT2D eigenvalue weighted by molar-refractivity contribution is 0.256. The molecule has 1 aliphatic rings. The summed E-state index contributed by atoms with van der Waals surface area (Å²) in [6.07, 6.45) is 7.85. The average Bonchev–Trinajstić information content (AvgIpc) is 2.79. The first-order valence-electron chi connectivity index (χ1n) is 10.5. The largest absolute Gasteiger partial charge is 0.497 e. The molecular formula is C25H31N3O3. The number of carbonyl (C=O) groups is 1.